The first kappa shape index (κ1) is 20.2. The Bertz CT molecular complexity index is 1210. The van der Waals surface area contributed by atoms with Gasteiger partial charge in [-0.2, -0.15) is 5.26 Å². The molecule has 0 fully saturated rings. The summed E-state index contributed by atoms with van der Waals surface area (Å²) < 4.78 is 26.5. The van der Waals surface area contributed by atoms with E-state index in [4.69, 9.17) is 0 Å². The molecule has 0 atom stereocenters. The second-order valence-electron chi connectivity index (χ2n) is 6.47. The summed E-state index contributed by atoms with van der Waals surface area (Å²) in [6.45, 7) is 1.81. The van der Waals surface area contributed by atoms with E-state index in [1.54, 1.807) is 36.7 Å². The third-order valence-corrected chi connectivity index (χ3v) is 6.32. The van der Waals surface area contributed by atoms with Crippen LogP contribution in [0.15, 0.2) is 65.8 Å². The maximum absolute atomic E-state index is 13.2. The van der Waals surface area contributed by atoms with Gasteiger partial charge in [0.05, 0.1) is 27.8 Å². The average molecular weight is 406 g/mol. The zero-order valence-electron chi connectivity index (χ0n) is 15.7. The van der Waals surface area contributed by atoms with Gasteiger partial charge in [-0.1, -0.05) is 25.1 Å². The van der Waals surface area contributed by atoms with Crippen LogP contribution in [0.25, 0.3) is 11.1 Å². The van der Waals surface area contributed by atoms with Crippen molar-refractivity contribution < 1.29 is 18.3 Å². The number of benzene rings is 2. The monoisotopic (exact) mass is 406 g/mol. The van der Waals surface area contributed by atoms with E-state index in [-0.39, 0.29) is 16.2 Å². The van der Waals surface area contributed by atoms with E-state index in [0.717, 1.165) is 5.56 Å². The molecule has 0 amide bonds. The Morgan fingerprint density at radius 3 is 2.55 bits per heavy atom. The summed E-state index contributed by atoms with van der Waals surface area (Å²) in [6, 6.07) is 14.6. The van der Waals surface area contributed by atoms with Crippen LogP contribution in [0.5, 0.6) is 0 Å². The van der Waals surface area contributed by atoms with Crippen LogP contribution in [0.1, 0.15) is 34.0 Å². The van der Waals surface area contributed by atoms with Crippen LogP contribution in [0, 0.1) is 11.3 Å². The molecule has 2 aromatic carbocycles. The van der Waals surface area contributed by atoms with Gasteiger partial charge in [0.1, 0.15) is 0 Å². The van der Waals surface area contributed by atoms with Gasteiger partial charge in [0, 0.05) is 18.0 Å². The fourth-order valence-electron chi connectivity index (χ4n) is 3.14. The molecule has 146 valence electrons. The van der Waals surface area contributed by atoms with Gasteiger partial charge in [-0.3, -0.25) is 4.98 Å². The van der Waals surface area contributed by atoms with Crippen molar-refractivity contribution in [1.29, 1.82) is 5.26 Å². The number of nitrogens with zero attached hydrogens (tertiary/aromatic N) is 2. The fourth-order valence-corrected chi connectivity index (χ4v) is 4.86. The Balaban J connectivity index is 2.13. The predicted molar refractivity (Wildman–Crippen MR) is 108 cm³/mol. The quantitative estimate of drug-likeness (QED) is 0.666. The number of rotatable bonds is 6. The molecule has 0 aliphatic carbocycles. The molecule has 3 rings (SSSR count). The van der Waals surface area contributed by atoms with Crippen LogP contribution >= 0.6 is 0 Å². The normalized spacial score (nSPS) is 11.0. The van der Waals surface area contributed by atoms with Gasteiger partial charge >= 0.3 is 5.97 Å². The Hall–Kier alpha value is -3.50. The molecule has 1 N–H and O–H groups in total. The van der Waals surface area contributed by atoms with E-state index in [9.17, 15) is 23.6 Å². The Labute approximate surface area is 169 Å². The number of aryl methyl sites for hydroxylation is 1. The Kier molecular flexibility index (Phi) is 5.76. The number of hydrogen-bond acceptors (Lipinski definition) is 5. The third kappa shape index (κ3) is 4.33. The van der Waals surface area contributed by atoms with Crippen LogP contribution in [0.3, 0.4) is 0 Å². The number of nitriles is 1. The standard InChI is InChI=1S/C22H18N2O4S/c1-2-16-6-7-17(22(25)26)11-21(16)29(27,28)14-19-10-15(12-23)5-8-20(19)18-4-3-9-24-13-18/h3-11,13H,2,14H2,1H3,(H,25,26). The van der Waals surface area contributed by atoms with Crippen molar-refractivity contribution in [3.05, 3.63) is 83.2 Å². The van der Waals surface area contributed by atoms with E-state index in [1.165, 1.54) is 18.2 Å². The van der Waals surface area contributed by atoms with Crippen molar-refractivity contribution in [1.82, 2.24) is 4.98 Å². The predicted octanol–water partition coefficient (Wildman–Crippen LogP) is 3.85. The summed E-state index contributed by atoms with van der Waals surface area (Å²) in [5.74, 6) is -1.55. The lowest BCUT2D eigenvalue weighted by atomic mass is 10.00. The lowest BCUT2D eigenvalue weighted by Gasteiger charge is -2.14. The lowest BCUT2D eigenvalue weighted by molar-refractivity contribution is 0.0696. The van der Waals surface area contributed by atoms with E-state index in [2.05, 4.69) is 4.98 Å². The van der Waals surface area contributed by atoms with E-state index < -0.39 is 15.8 Å². The van der Waals surface area contributed by atoms with Crippen molar-refractivity contribution in [3.63, 3.8) is 0 Å². The number of sulfone groups is 1. The first-order valence-corrected chi connectivity index (χ1v) is 10.5. The summed E-state index contributed by atoms with van der Waals surface area (Å²) >= 11 is 0. The summed E-state index contributed by atoms with van der Waals surface area (Å²) in [5.41, 5.74) is 2.66. The Morgan fingerprint density at radius 1 is 1.14 bits per heavy atom. The number of hydrogen-bond donors (Lipinski definition) is 1. The number of aromatic nitrogens is 1. The van der Waals surface area contributed by atoms with Gasteiger partial charge in [-0.25, -0.2) is 13.2 Å². The molecule has 0 radical (unpaired) electrons. The molecule has 6 nitrogen and oxygen atoms in total. The van der Waals surface area contributed by atoms with Crippen molar-refractivity contribution in [3.8, 4) is 17.2 Å². The van der Waals surface area contributed by atoms with Gasteiger partial charge in [-0.05, 0) is 53.4 Å². The summed E-state index contributed by atoms with van der Waals surface area (Å²) in [4.78, 5) is 15.4. The van der Waals surface area contributed by atoms with Crippen LogP contribution in [-0.2, 0) is 22.0 Å². The molecule has 0 spiro atoms. The molecular formula is C22H18N2O4S. The molecule has 0 saturated heterocycles. The average Bonchev–Trinajstić information content (AvgIpc) is 2.73. The SMILES string of the molecule is CCc1ccc(C(=O)O)cc1S(=O)(=O)Cc1cc(C#N)ccc1-c1cccnc1. The van der Waals surface area contributed by atoms with Gasteiger partial charge in [0.15, 0.2) is 9.84 Å². The number of carboxylic acids is 1. The maximum atomic E-state index is 13.2. The second kappa shape index (κ2) is 8.25. The van der Waals surface area contributed by atoms with Gasteiger partial charge in [0.2, 0.25) is 0 Å². The molecule has 1 heterocycles. The Morgan fingerprint density at radius 2 is 1.93 bits per heavy atom. The van der Waals surface area contributed by atoms with Crippen LogP contribution in [0.4, 0.5) is 0 Å². The van der Waals surface area contributed by atoms with Crippen LogP contribution in [0.2, 0.25) is 0 Å². The topological polar surface area (TPSA) is 108 Å². The first-order chi connectivity index (χ1) is 13.9. The van der Waals surface area contributed by atoms with E-state index >= 15 is 0 Å². The zero-order valence-corrected chi connectivity index (χ0v) is 16.5. The summed E-state index contributed by atoms with van der Waals surface area (Å²) in [6.07, 6.45) is 3.69. The van der Waals surface area contributed by atoms with Gasteiger partial charge in [0.25, 0.3) is 0 Å². The van der Waals surface area contributed by atoms with Crippen molar-refractivity contribution in [2.45, 2.75) is 24.0 Å². The van der Waals surface area contributed by atoms with E-state index in [0.29, 0.717) is 28.7 Å². The van der Waals surface area contributed by atoms with Crippen molar-refractivity contribution >= 4 is 15.8 Å². The van der Waals surface area contributed by atoms with Crippen LogP contribution in [-0.4, -0.2) is 24.5 Å². The molecule has 3 aromatic rings. The second-order valence-corrected chi connectivity index (χ2v) is 8.42. The zero-order chi connectivity index (χ0) is 21.0. The molecule has 1 aromatic heterocycles. The number of carbonyl (C=O) groups is 1. The minimum atomic E-state index is -3.86. The molecule has 0 unspecified atom stereocenters. The molecule has 0 saturated carbocycles. The number of carboxylic acid groups (broad SMARTS) is 1. The molecular weight excluding hydrogens is 388 g/mol. The van der Waals surface area contributed by atoms with E-state index in [1.807, 2.05) is 19.1 Å². The fraction of sp³-hybridized carbons (Fsp3) is 0.136. The minimum Gasteiger partial charge on any atom is -0.478 e. The van der Waals surface area contributed by atoms with Crippen molar-refractivity contribution in [2.24, 2.45) is 0 Å². The number of pyridine rings is 1. The molecule has 29 heavy (non-hydrogen) atoms. The molecule has 7 heteroatoms. The summed E-state index contributed by atoms with van der Waals surface area (Å²) in [5, 5.41) is 18.5. The highest BCUT2D eigenvalue weighted by atomic mass is 32.2. The smallest absolute Gasteiger partial charge is 0.335 e. The van der Waals surface area contributed by atoms with Crippen molar-refractivity contribution in [2.75, 3.05) is 0 Å². The molecule has 0 aliphatic rings. The highest BCUT2D eigenvalue weighted by Gasteiger charge is 2.23. The van der Waals surface area contributed by atoms with Crippen LogP contribution < -0.4 is 0 Å². The van der Waals surface area contributed by atoms with Gasteiger partial charge in [-0.15, -0.1) is 0 Å². The first-order valence-electron chi connectivity index (χ1n) is 8.88. The summed E-state index contributed by atoms with van der Waals surface area (Å²) in [7, 11) is -3.86. The largest absolute Gasteiger partial charge is 0.478 e. The van der Waals surface area contributed by atoms with Gasteiger partial charge < -0.3 is 5.11 Å². The maximum Gasteiger partial charge on any atom is 0.335 e. The third-order valence-electron chi connectivity index (χ3n) is 4.58. The highest BCUT2D eigenvalue weighted by molar-refractivity contribution is 7.90. The lowest BCUT2D eigenvalue weighted by Crippen LogP contribution is -2.11. The number of aromatic carboxylic acids is 1. The molecule has 0 aliphatic heterocycles. The highest BCUT2D eigenvalue weighted by Crippen LogP contribution is 2.29. The molecule has 0 bridgehead atoms. The minimum absolute atomic E-state index is 0.000558.